The molecule has 0 aromatic heterocycles. The summed E-state index contributed by atoms with van der Waals surface area (Å²) in [4.78, 5) is 21.8. The van der Waals surface area contributed by atoms with Gasteiger partial charge in [0.2, 0.25) is 0 Å². The number of carbonyl (C=O) groups excluding carboxylic acids is 1. The van der Waals surface area contributed by atoms with Gasteiger partial charge in [-0.05, 0) is 31.5 Å². The quantitative estimate of drug-likeness (QED) is 0.581. The van der Waals surface area contributed by atoms with Crippen LogP contribution in [0.4, 0.5) is 0 Å². The molecule has 20 heavy (non-hydrogen) atoms. The normalized spacial score (nSPS) is 9.90. The van der Waals surface area contributed by atoms with E-state index < -0.39 is 5.97 Å². The topological polar surface area (TPSA) is 82.1 Å². The molecular formula is C14H18O6. The smallest absolute Gasteiger partial charge is 0.335 e. The second kappa shape index (κ2) is 8.04. The summed E-state index contributed by atoms with van der Waals surface area (Å²) in [5.41, 5.74) is 0.135. The molecule has 0 saturated heterocycles. The van der Waals surface area contributed by atoms with E-state index in [1.807, 2.05) is 0 Å². The zero-order chi connectivity index (χ0) is 15.0. The molecule has 0 unspecified atom stereocenters. The lowest BCUT2D eigenvalue weighted by molar-refractivity contribution is -0.140. The highest BCUT2D eigenvalue weighted by molar-refractivity contribution is 5.88. The van der Waals surface area contributed by atoms with E-state index in [2.05, 4.69) is 4.74 Å². The van der Waals surface area contributed by atoms with Gasteiger partial charge in [-0.2, -0.15) is 0 Å². The molecule has 0 aliphatic carbocycles. The Morgan fingerprint density at radius 2 is 1.95 bits per heavy atom. The fraction of sp³-hybridized carbons (Fsp3) is 0.429. The van der Waals surface area contributed by atoms with Crippen LogP contribution in [0.15, 0.2) is 18.2 Å². The summed E-state index contributed by atoms with van der Waals surface area (Å²) in [6, 6.07) is 4.41. The molecule has 6 nitrogen and oxygen atoms in total. The summed E-state index contributed by atoms with van der Waals surface area (Å²) in [6.07, 6.45) is 0.784. The van der Waals surface area contributed by atoms with Crippen molar-refractivity contribution in [3.63, 3.8) is 0 Å². The predicted molar refractivity (Wildman–Crippen MR) is 71.3 cm³/mol. The number of ether oxygens (including phenoxy) is 3. The monoisotopic (exact) mass is 282 g/mol. The first-order valence-corrected chi connectivity index (χ1v) is 6.28. The van der Waals surface area contributed by atoms with E-state index in [1.165, 1.54) is 19.2 Å². The van der Waals surface area contributed by atoms with E-state index in [-0.39, 0.29) is 18.0 Å². The van der Waals surface area contributed by atoms with Crippen LogP contribution >= 0.6 is 0 Å². The summed E-state index contributed by atoms with van der Waals surface area (Å²) < 4.78 is 15.4. The first kappa shape index (κ1) is 15.8. The number of hydrogen-bond donors (Lipinski definition) is 1. The van der Waals surface area contributed by atoms with Gasteiger partial charge in [0.15, 0.2) is 11.5 Å². The summed E-state index contributed by atoms with van der Waals surface area (Å²) in [5.74, 6) is -0.477. The minimum Gasteiger partial charge on any atom is -0.490 e. The predicted octanol–water partition coefficient (Wildman–Crippen LogP) is 2.12. The van der Waals surface area contributed by atoms with Crippen molar-refractivity contribution in [2.75, 3.05) is 20.3 Å². The first-order chi connectivity index (χ1) is 9.58. The van der Waals surface area contributed by atoms with Crippen molar-refractivity contribution in [3.8, 4) is 11.5 Å². The third-order valence-corrected chi connectivity index (χ3v) is 2.50. The molecule has 110 valence electrons. The molecule has 0 radical (unpaired) electrons. The highest BCUT2D eigenvalue weighted by Crippen LogP contribution is 2.28. The average Bonchev–Trinajstić information content (AvgIpc) is 2.44. The Bertz CT molecular complexity index is 469. The largest absolute Gasteiger partial charge is 0.490 e. The fourth-order valence-electron chi connectivity index (χ4n) is 1.53. The number of esters is 1. The lowest BCUT2D eigenvalue weighted by Gasteiger charge is -2.12. The van der Waals surface area contributed by atoms with Gasteiger partial charge >= 0.3 is 11.9 Å². The Morgan fingerprint density at radius 1 is 1.20 bits per heavy atom. The number of aromatic carboxylic acids is 1. The Morgan fingerprint density at radius 3 is 2.55 bits per heavy atom. The third kappa shape index (κ3) is 4.79. The van der Waals surface area contributed by atoms with Crippen molar-refractivity contribution >= 4 is 11.9 Å². The van der Waals surface area contributed by atoms with Crippen LogP contribution < -0.4 is 9.47 Å². The van der Waals surface area contributed by atoms with Crippen molar-refractivity contribution < 1.29 is 28.9 Å². The summed E-state index contributed by atoms with van der Waals surface area (Å²) in [6.45, 7) is 2.53. The lowest BCUT2D eigenvalue weighted by atomic mass is 10.2. The van der Waals surface area contributed by atoms with Gasteiger partial charge in [-0.1, -0.05) is 0 Å². The van der Waals surface area contributed by atoms with E-state index in [1.54, 1.807) is 13.0 Å². The molecule has 1 N–H and O–H groups in total. The van der Waals surface area contributed by atoms with Gasteiger partial charge in [0.05, 0.1) is 25.9 Å². The van der Waals surface area contributed by atoms with E-state index in [0.29, 0.717) is 31.1 Å². The Labute approximate surface area is 117 Å². The van der Waals surface area contributed by atoms with E-state index in [4.69, 9.17) is 14.6 Å². The maximum Gasteiger partial charge on any atom is 0.335 e. The van der Waals surface area contributed by atoms with Gasteiger partial charge in [0, 0.05) is 6.42 Å². The second-order valence-corrected chi connectivity index (χ2v) is 3.93. The number of carboxylic acids is 1. The van der Waals surface area contributed by atoms with Crippen LogP contribution in [0.5, 0.6) is 11.5 Å². The number of rotatable bonds is 8. The second-order valence-electron chi connectivity index (χ2n) is 3.93. The molecule has 0 fully saturated rings. The van der Waals surface area contributed by atoms with Crippen LogP contribution in [0.25, 0.3) is 0 Å². The van der Waals surface area contributed by atoms with Gasteiger partial charge in [-0.15, -0.1) is 0 Å². The van der Waals surface area contributed by atoms with Gasteiger partial charge in [0.1, 0.15) is 0 Å². The highest BCUT2D eigenvalue weighted by atomic mass is 16.5. The van der Waals surface area contributed by atoms with Gasteiger partial charge in [0.25, 0.3) is 0 Å². The van der Waals surface area contributed by atoms with Crippen LogP contribution in [-0.2, 0) is 9.53 Å². The van der Waals surface area contributed by atoms with Gasteiger partial charge < -0.3 is 19.3 Å². The maximum atomic E-state index is 10.9. The molecule has 1 rings (SSSR count). The van der Waals surface area contributed by atoms with Crippen LogP contribution in [0.3, 0.4) is 0 Å². The molecule has 1 aromatic rings. The third-order valence-electron chi connectivity index (χ3n) is 2.50. The molecule has 0 atom stereocenters. The molecular weight excluding hydrogens is 264 g/mol. The van der Waals surface area contributed by atoms with E-state index >= 15 is 0 Å². The molecule has 6 heteroatoms. The van der Waals surface area contributed by atoms with Crippen molar-refractivity contribution in [1.29, 1.82) is 0 Å². The Kier molecular flexibility index (Phi) is 6.36. The first-order valence-electron chi connectivity index (χ1n) is 6.28. The number of carbonyl (C=O) groups is 2. The summed E-state index contributed by atoms with van der Waals surface area (Å²) >= 11 is 0. The number of methoxy groups -OCH3 is 1. The molecule has 0 aliphatic heterocycles. The zero-order valence-corrected chi connectivity index (χ0v) is 11.5. The molecule has 0 saturated carbocycles. The summed E-state index contributed by atoms with van der Waals surface area (Å²) in [5, 5.41) is 8.92. The molecule has 1 aromatic carbocycles. The molecule has 0 aliphatic rings. The van der Waals surface area contributed by atoms with Crippen LogP contribution in [0, 0.1) is 0 Å². The number of benzene rings is 1. The van der Waals surface area contributed by atoms with Crippen molar-refractivity contribution in [3.05, 3.63) is 23.8 Å². The van der Waals surface area contributed by atoms with E-state index in [0.717, 1.165) is 0 Å². The van der Waals surface area contributed by atoms with Crippen LogP contribution in [0.2, 0.25) is 0 Å². The summed E-state index contributed by atoms with van der Waals surface area (Å²) in [7, 11) is 1.33. The number of hydrogen-bond acceptors (Lipinski definition) is 5. The molecule has 0 heterocycles. The lowest BCUT2D eigenvalue weighted by Crippen LogP contribution is -2.06. The van der Waals surface area contributed by atoms with Crippen molar-refractivity contribution in [2.45, 2.75) is 19.8 Å². The zero-order valence-electron chi connectivity index (χ0n) is 11.5. The standard InChI is InChI=1S/C14H18O6/c1-3-19-12-9-10(14(16)17)6-7-11(12)20-8-4-5-13(15)18-2/h6-7,9H,3-5,8H2,1-2H3,(H,16,17). The van der Waals surface area contributed by atoms with Crippen LogP contribution in [0.1, 0.15) is 30.1 Å². The van der Waals surface area contributed by atoms with Crippen LogP contribution in [-0.4, -0.2) is 37.4 Å². The number of carboxylic acid groups (broad SMARTS) is 1. The Hall–Kier alpha value is -2.24. The SMILES string of the molecule is CCOc1cc(C(=O)O)ccc1OCCCC(=O)OC. The van der Waals surface area contributed by atoms with E-state index in [9.17, 15) is 9.59 Å². The van der Waals surface area contributed by atoms with Gasteiger partial charge in [-0.3, -0.25) is 4.79 Å². The maximum absolute atomic E-state index is 10.9. The Balaban J connectivity index is 2.64. The average molecular weight is 282 g/mol. The molecule has 0 bridgehead atoms. The minimum absolute atomic E-state index is 0.135. The molecule has 0 amide bonds. The van der Waals surface area contributed by atoms with Crippen molar-refractivity contribution in [1.82, 2.24) is 0 Å². The van der Waals surface area contributed by atoms with Crippen molar-refractivity contribution in [2.24, 2.45) is 0 Å². The van der Waals surface area contributed by atoms with Gasteiger partial charge in [-0.25, -0.2) is 4.79 Å². The highest BCUT2D eigenvalue weighted by Gasteiger charge is 2.10. The minimum atomic E-state index is -1.02. The molecule has 0 spiro atoms. The fourth-order valence-corrected chi connectivity index (χ4v) is 1.53.